The van der Waals surface area contributed by atoms with Crippen molar-refractivity contribution in [3.05, 3.63) is 62.4 Å². The summed E-state index contributed by atoms with van der Waals surface area (Å²) in [5.74, 6) is -1.06. The van der Waals surface area contributed by atoms with E-state index in [0.717, 1.165) is 19.3 Å². The van der Waals surface area contributed by atoms with Crippen LogP contribution in [-0.4, -0.2) is 20.6 Å². The summed E-state index contributed by atoms with van der Waals surface area (Å²) in [6, 6.07) is 10.3. The molecule has 0 bridgehead atoms. The summed E-state index contributed by atoms with van der Waals surface area (Å²) in [5.41, 5.74) is 0.260. The van der Waals surface area contributed by atoms with Crippen molar-refractivity contribution in [3.8, 4) is 5.75 Å². The number of aryl methyl sites for hydroxylation is 1. The van der Waals surface area contributed by atoms with Gasteiger partial charge in [-0.05, 0) is 30.7 Å². The van der Waals surface area contributed by atoms with Gasteiger partial charge in [0, 0.05) is 17.0 Å². The number of pyridine rings is 1. The van der Waals surface area contributed by atoms with Crippen LogP contribution >= 0.6 is 34.5 Å². The number of fused-ring (bicyclic) bond motifs is 2. The Morgan fingerprint density at radius 1 is 1.23 bits per heavy atom. The zero-order chi connectivity index (χ0) is 22.1. The first-order chi connectivity index (χ1) is 14.9. The number of anilines is 1. The van der Waals surface area contributed by atoms with Gasteiger partial charge in [0.15, 0.2) is 5.13 Å². The third-order valence-electron chi connectivity index (χ3n) is 4.99. The monoisotopic (exact) mass is 475 g/mol. The molecule has 2 N–H and O–H groups in total. The Labute approximate surface area is 192 Å². The van der Waals surface area contributed by atoms with E-state index in [1.165, 1.54) is 11.3 Å². The number of nitrogens with one attached hydrogen (secondary N) is 1. The highest BCUT2D eigenvalue weighted by Gasteiger charge is 2.23. The number of thiazole rings is 1. The van der Waals surface area contributed by atoms with E-state index in [0.29, 0.717) is 37.7 Å². The summed E-state index contributed by atoms with van der Waals surface area (Å²) >= 11 is 13.4. The Morgan fingerprint density at radius 3 is 2.77 bits per heavy atom. The number of rotatable bonds is 6. The molecule has 0 spiro atoms. The molecule has 0 unspecified atom stereocenters. The van der Waals surface area contributed by atoms with Crippen LogP contribution < -0.4 is 10.9 Å². The fraction of sp³-hybridized carbons (Fsp3) is 0.227. The van der Waals surface area contributed by atoms with Crippen molar-refractivity contribution in [2.24, 2.45) is 0 Å². The van der Waals surface area contributed by atoms with E-state index in [9.17, 15) is 14.7 Å². The standard InChI is InChI=1S/C22H19Cl2N3O3S/c1-2-3-6-9-27-15-8-5-4-7-13(15)19(28)17(21(27)30)20(29)26-22-25-18-14(24)10-12(23)11-16(18)31-22/h4-5,7-8,10-11,28H,2-3,6,9H2,1H3,(H,25,26,29). The fourth-order valence-electron chi connectivity index (χ4n) is 3.51. The van der Waals surface area contributed by atoms with Gasteiger partial charge in [0.25, 0.3) is 11.5 Å². The van der Waals surface area contributed by atoms with Crippen LogP contribution in [0.1, 0.15) is 36.5 Å². The molecule has 4 aromatic rings. The number of carbonyl (C=O) groups is 1. The van der Waals surface area contributed by atoms with Gasteiger partial charge in [-0.15, -0.1) is 0 Å². The van der Waals surface area contributed by atoms with E-state index >= 15 is 0 Å². The van der Waals surface area contributed by atoms with Gasteiger partial charge in [-0.1, -0.05) is 66.4 Å². The Morgan fingerprint density at radius 2 is 2.00 bits per heavy atom. The van der Waals surface area contributed by atoms with Crippen LogP contribution in [0.15, 0.2) is 41.2 Å². The van der Waals surface area contributed by atoms with Crippen LogP contribution in [0, 0.1) is 0 Å². The van der Waals surface area contributed by atoms with Crippen LogP contribution in [0.4, 0.5) is 5.13 Å². The van der Waals surface area contributed by atoms with Gasteiger partial charge in [-0.2, -0.15) is 0 Å². The first-order valence-corrected chi connectivity index (χ1v) is 11.4. The summed E-state index contributed by atoms with van der Waals surface area (Å²) in [4.78, 5) is 30.5. The van der Waals surface area contributed by atoms with Gasteiger partial charge in [-0.3, -0.25) is 14.9 Å². The van der Waals surface area contributed by atoms with Crippen LogP contribution in [0.5, 0.6) is 5.75 Å². The highest BCUT2D eigenvalue weighted by atomic mass is 35.5. The minimum atomic E-state index is -0.723. The molecule has 4 rings (SSSR count). The topological polar surface area (TPSA) is 84.2 Å². The zero-order valence-electron chi connectivity index (χ0n) is 16.6. The highest BCUT2D eigenvalue weighted by Crippen LogP contribution is 2.34. The van der Waals surface area contributed by atoms with Crippen molar-refractivity contribution in [1.82, 2.24) is 9.55 Å². The van der Waals surface area contributed by atoms with E-state index in [2.05, 4.69) is 17.2 Å². The van der Waals surface area contributed by atoms with Crippen LogP contribution in [0.25, 0.3) is 21.1 Å². The van der Waals surface area contributed by atoms with E-state index in [1.54, 1.807) is 41.0 Å². The van der Waals surface area contributed by atoms with Crippen LogP contribution in [0.2, 0.25) is 10.0 Å². The Kier molecular flexibility index (Phi) is 6.18. The summed E-state index contributed by atoms with van der Waals surface area (Å²) < 4.78 is 2.25. The second-order valence-electron chi connectivity index (χ2n) is 7.11. The molecule has 0 aliphatic carbocycles. The lowest BCUT2D eigenvalue weighted by atomic mass is 10.1. The lowest BCUT2D eigenvalue weighted by molar-refractivity contribution is 0.102. The van der Waals surface area contributed by atoms with Crippen molar-refractivity contribution in [2.75, 3.05) is 5.32 Å². The molecular formula is C22H19Cl2N3O3S. The predicted molar refractivity (Wildman–Crippen MR) is 127 cm³/mol. The maximum Gasteiger partial charge on any atom is 0.267 e. The largest absolute Gasteiger partial charge is 0.506 e. The summed E-state index contributed by atoms with van der Waals surface area (Å²) in [6.45, 7) is 2.54. The van der Waals surface area contributed by atoms with E-state index < -0.39 is 11.5 Å². The molecule has 0 aliphatic rings. The SMILES string of the molecule is CCCCCn1c(=O)c(C(=O)Nc2nc3c(Cl)cc(Cl)cc3s2)c(O)c2ccccc21. The molecule has 0 radical (unpaired) electrons. The Balaban J connectivity index is 1.77. The first kappa shape index (κ1) is 21.6. The highest BCUT2D eigenvalue weighted by molar-refractivity contribution is 7.22. The van der Waals surface area contributed by atoms with Crippen molar-refractivity contribution in [3.63, 3.8) is 0 Å². The molecule has 2 aromatic carbocycles. The van der Waals surface area contributed by atoms with E-state index in [4.69, 9.17) is 23.2 Å². The smallest absolute Gasteiger partial charge is 0.267 e. The fourth-order valence-corrected chi connectivity index (χ4v) is 5.09. The first-order valence-electron chi connectivity index (χ1n) is 9.82. The molecular weight excluding hydrogens is 457 g/mol. The second-order valence-corrected chi connectivity index (χ2v) is 8.99. The summed E-state index contributed by atoms with van der Waals surface area (Å²) in [7, 11) is 0. The number of carbonyl (C=O) groups excluding carboxylic acids is 1. The van der Waals surface area contributed by atoms with Gasteiger partial charge < -0.3 is 9.67 Å². The normalized spacial score (nSPS) is 11.3. The van der Waals surface area contributed by atoms with Crippen LogP contribution in [0.3, 0.4) is 0 Å². The van der Waals surface area contributed by atoms with Gasteiger partial charge in [-0.25, -0.2) is 4.98 Å². The number of aromatic nitrogens is 2. The number of nitrogens with zero attached hydrogens (tertiary/aromatic N) is 2. The molecule has 2 heterocycles. The van der Waals surface area contributed by atoms with E-state index in [-0.39, 0.29) is 16.4 Å². The number of halogens is 2. The minimum absolute atomic E-state index is 0.258. The Hall–Kier alpha value is -2.61. The molecule has 2 aromatic heterocycles. The average Bonchev–Trinajstić information content (AvgIpc) is 3.13. The van der Waals surface area contributed by atoms with Gasteiger partial charge >= 0.3 is 0 Å². The lowest BCUT2D eigenvalue weighted by Crippen LogP contribution is -2.30. The molecule has 0 saturated carbocycles. The number of benzene rings is 2. The van der Waals surface area contributed by atoms with Crippen molar-refractivity contribution in [2.45, 2.75) is 32.7 Å². The summed E-state index contributed by atoms with van der Waals surface area (Å²) in [6.07, 6.45) is 2.75. The quantitative estimate of drug-likeness (QED) is 0.331. The van der Waals surface area contributed by atoms with Crippen LogP contribution in [-0.2, 0) is 6.54 Å². The number of para-hydroxylation sites is 1. The third-order valence-corrected chi connectivity index (χ3v) is 6.42. The van der Waals surface area contributed by atoms with Gasteiger partial charge in [0.2, 0.25) is 0 Å². The molecule has 0 fully saturated rings. The lowest BCUT2D eigenvalue weighted by Gasteiger charge is -2.14. The number of unbranched alkanes of at least 4 members (excludes halogenated alkanes) is 2. The molecule has 0 atom stereocenters. The van der Waals surface area contributed by atoms with Crippen molar-refractivity contribution >= 4 is 66.7 Å². The summed E-state index contributed by atoms with van der Waals surface area (Å²) in [5, 5.41) is 14.9. The maximum absolute atomic E-state index is 13.2. The van der Waals surface area contributed by atoms with Gasteiger partial charge in [0.1, 0.15) is 16.8 Å². The number of amides is 1. The molecule has 0 saturated heterocycles. The number of hydrogen-bond donors (Lipinski definition) is 2. The molecule has 160 valence electrons. The van der Waals surface area contributed by atoms with Crippen molar-refractivity contribution < 1.29 is 9.90 Å². The predicted octanol–water partition coefficient (Wildman–Crippen LogP) is 6.07. The molecule has 9 heteroatoms. The third kappa shape index (κ3) is 4.13. The average molecular weight is 476 g/mol. The molecule has 31 heavy (non-hydrogen) atoms. The maximum atomic E-state index is 13.2. The van der Waals surface area contributed by atoms with E-state index in [1.807, 2.05) is 0 Å². The number of hydrogen-bond acceptors (Lipinski definition) is 5. The molecule has 6 nitrogen and oxygen atoms in total. The minimum Gasteiger partial charge on any atom is -0.506 e. The number of aromatic hydroxyl groups is 1. The zero-order valence-corrected chi connectivity index (χ0v) is 18.9. The molecule has 0 aliphatic heterocycles. The molecule has 1 amide bonds. The van der Waals surface area contributed by atoms with Gasteiger partial charge in [0.05, 0.1) is 15.2 Å². The Bertz CT molecular complexity index is 1360. The van der Waals surface area contributed by atoms with Crippen molar-refractivity contribution in [1.29, 1.82) is 0 Å². The second kappa shape index (κ2) is 8.86.